The summed E-state index contributed by atoms with van der Waals surface area (Å²) >= 11 is 0. The smallest absolute Gasteiger partial charge is 0.335 e. The molecule has 0 saturated carbocycles. The van der Waals surface area contributed by atoms with Gasteiger partial charge in [0.1, 0.15) is 12.2 Å². The first kappa shape index (κ1) is 26.4. The zero-order chi connectivity index (χ0) is 23.0. The van der Waals surface area contributed by atoms with Crippen molar-refractivity contribution >= 4 is 20.5 Å². The average Bonchev–Trinajstić information content (AvgIpc) is 2.67. The first-order valence-electron chi connectivity index (χ1n) is 10.8. The number of hydrogen-bond acceptors (Lipinski definition) is 10. The number of rotatable bonds is 10. The van der Waals surface area contributed by atoms with Gasteiger partial charge < -0.3 is 32.7 Å². The monoisotopic (exact) mass is 466 g/mol. The van der Waals surface area contributed by atoms with Gasteiger partial charge >= 0.3 is 20.5 Å². The summed E-state index contributed by atoms with van der Waals surface area (Å²) in [5.41, 5.74) is 0. The van der Waals surface area contributed by atoms with E-state index in [1.807, 2.05) is 20.8 Å². The standard InChI is InChI=1S/C20H35O10P/c1-7-23-31(24-8-2)30-19-11-17(20(13(4)26-19)28-15(6)22)29-18-10-9-16(12(3)25-18)27-14(5)21/h12-13,16-20H,7-11H2,1-6H3/t12-,13+,16-,17+,18-,19+,20+/m0/s1. The van der Waals surface area contributed by atoms with Crippen LogP contribution in [-0.2, 0) is 46.8 Å². The molecule has 0 N–H and O–H groups in total. The molecule has 10 nitrogen and oxygen atoms in total. The molecule has 0 bridgehead atoms. The van der Waals surface area contributed by atoms with E-state index in [-0.39, 0.29) is 18.2 Å². The van der Waals surface area contributed by atoms with Crippen molar-refractivity contribution in [1.29, 1.82) is 0 Å². The van der Waals surface area contributed by atoms with Crippen LogP contribution in [0.3, 0.4) is 0 Å². The maximum Gasteiger partial charge on any atom is 0.335 e. The predicted molar refractivity (Wildman–Crippen MR) is 110 cm³/mol. The molecule has 2 aliphatic rings. The SMILES string of the molecule is CCOP(OCC)O[C@@H]1C[C@@H](O[C@H]2CC[C@H](OC(C)=O)[C@H](C)O2)[C@H](OC(C)=O)[C@@H](C)O1. The number of ether oxygens (including phenoxy) is 5. The van der Waals surface area contributed by atoms with E-state index in [0.717, 1.165) is 0 Å². The van der Waals surface area contributed by atoms with Gasteiger partial charge in [0.2, 0.25) is 0 Å². The number of carbonyl (C=O) groups excluding carboxylic acids is 2. The van der Waals surface area contributed by atoms with Gasteiger partial charge in [0, 0.05) is 26.7 Å². The molecule has 7 atom stereocenters. The predicted octanol–water partition coefficient (Wildman–Crippen LogP) is 3.21. The Balaban J connectivity index is 2.03. The fraction of sp³-hybridized carbons (Fsp3) is 0.900. The van der Waals surface area contributed by atoms with Crippen molar-refractivity contribution < 1.29 is 46.8 Å². The number of esters is 2. The van der Waals surface area contributed by atoms with Gasteiger partial charge in [-0.3, -0.25) is 14.1 Å². The second-order valence-electron chi connectivity index (χ2n) is 7.42. The van der Waals surface area contributed by atoms with Gasteiger partial charge in [0.25, 0.3) is 0 Å². The molecule has 2 aliphatic heterocycles. The Bertz CT molecular complexity index is 570. The molecule has 0 aliphatic carbocycles. The second kappa shape index (κ2) is 13.0. The maximum absolute atomic E-state index is 11.6. The van der Waals surface area contributed by atoms with Crippen LogP contribution < -0.4 is 0 Å². The summed E-state index contributed by atoms with van der Waals surface area (Å²) in [6.45, 7) is 11.0. The van der Waals surface area contributed by atoms with Crippen molar-refractivity contribution in [2.45, 2.75) is 104 Å². The lowest BCUT2D eigenvalue weighted by Crippen LogP contribution is -2.52. The van der Waals surface area contributed by atoms with Gasteiger partial charge in [-0.2, -0.15) is 0 Å². The lowest BCUT2D eigenvalue weighted by Gasteiger charge is -2.42. The minimum absolute atomic E-state index is 0.308. The Hall–Kier alpha value is -0.870. The molecular weight excluding hydrogens is 431 g/mol. The van der Waals surface area contributed by atoms with Gasteiger partial charge in [-0.05, 0) is 34.1 Å². The third-order valence-corrected chi connectivity index (χ3v) is 6.16. The average molecular weight is 466 g/mol. The summed E-state index contributed by atoms with van der Waals surface area (Å²) in [6.07, 6.45) is -1.95. The second-order valence-corrected chi connectivity index (χ2v) is 8.59. The molecule has 2 saturated heterocycles. The molecule has 0 unspecified atom stereocenters. The third-order valence-electron chi connectivity index (χ3n) is 4.82. The lowest BCUT2D eigenvalue weighted by molar-refractivity contribution is -0.290. The molecular formula is C20H35O10P. The fourth-order valence-corrected chi connectivity index (χ4v) is 4.51. The summed E-state index contributed by atoms with van der Waals surface area (Å²) in [5.74, 6) is -0.764. The van der Waals surface area contributed by atoms with Gasteiger partial charge in [-0.15, -0.1) is 0 Å². The van der Waals surface area contributed by atoms with E-state index in [9.17, 15) is 9.59 Å². The van der Waals surface area contributed by atoms with Gasteiger partial charge in [-0.1, -0.05) is 0 Å². The van der Waals surface area contributed by atoms with Crippen LogP contribution in [0, 0.1) is 0 Å². The zero-order valence-electron chi connectivity index (χ0n) is 19.1. The molecule has 0 amide bonds. The van der Waals surface area contributed by atoms with E-state index in [0.29, 0.717) is 32.5 Å². The minimum atomic E-state index is -1.56. The topological polar surface area (TPSA) is 108 Å². The van der Waals surface area contributed by atoms with Gasteiger partial charge in [0.15, 0.2) is 18.7 Å². The van der Waals surface area contributed by atoms with Crippen LogP contribution >= 0.6 is 8.60 Å². The summed E-state index contributed by atoms with van der Waals surface area (Å²) < 4.78 is 45.7. The Morgan fingerprint density at radius 1 is 0.871 bits per heavy atom. The summed E-state index contributed by atoms with van der Waals surface area (Å²) in [7, 11) is -1.56. The molecule has 0 radical (unpaired) electrons. The van der Waals surface area contributed by atoms with Gasteiger partial charge in [0.05, 0.1) is 25.4 Å². The Morgan fingerprint density at radius 3 is 2.03 bits per heavy atom. The highest BCUT2D eigenvalue weighted by atomic mass is 31.2. The summed E-state index contributed by atoms with van der Waals surface area (Å²) in [4.78, 5) is 22.9. The number of hydrogen-bond donors (Lipinski definition) is 0. The zero-order valence-corrected chi connectivity index (χ0v) is 20.0. The molecule has 2 fully saturated rings. The molecule has 2 heterocycles. The van der Waals surface area contributed by atoms with E-state index >= 15 is 0 Å². The first-order valence-corrected chi connectivity index (χ1v) is 11.9. The summed E-state index contributed by atoms with van der Waals surface area (Å²) in [6, 6.07) is 0. The molecule has 0 spiro atoms. The fourth-order valence-electron chi connectivity index (χ4n) is 3.56. The van der Waals surface area contributed by atoms with E-state index in [1.54, 1.807) is 6.92 Å². The van der Waals surface area contributed by atoms with Crippen LogP contribution in [0.25, 0.3) is 0 Å². The highest BCUT2D eigenvalue weighted by molar-refractivity contribution is 7.41. The molecule has 2 rings (SSSR count). The Labute approximate surface area is 185 Å². The van der Waals surface area contributed by atoms with Crippen LogP contribution in [0.2, 0.25) is 0 Å². The molecule has 0 aromatic rings. The van der Waals surface area contributed by atoms with Crippen molar-refractivity contribution in [3.8, 4) is 0 Å². The third kappa shape index (κ3) is 8.53. The van der Waals surface area contributed by atoms with Crippen molar-refractivity contribution in [3.63, 3.8) is 0 Å². The van der Waals surface area contributed by atoms with E-state index < -0.39 is 45.5 Å². The van der Waals surface area contributed by atoms with Crippen molar-refractivity contribution in [1.82, 2.24) is 0 Å². The molecule has 180 valence electrons. The first-order chi connectivity index (χ1) is 14.7. The number of carbonyl (C=O) groups is 2. The Kier molecular flexibility index (Phi) is 11.1. The van der Waals surface area contributed by atoms with E-state index in [1.165, 1.54) is 13.8 Å². The molecule has 0 aromatic heterocycles. The van der Waals surface area contributed by atoms with Gasteiger partial charge in [-0.25, -0.2) is 0 Å². The highest BCUT2D eigenvalue weighted by Gasteiger charge is 2.43. The molecule has 0 aromatic carbocycles. The maximum atomic E-state index is 11.6. The molecule has 31 heavy (non-hydrogen) atoms. The quantitative estimate of drug-likeness (QED) is 0.352. The molecule has 11 heteroatoms. The van der Waals surface area contributed by atoms with Crippen molar-refractivity contribution in [3.05, 3.63) is 0 Å². The van der Waals surface area contributed by atoms with Crippen LogP contribution in [-0.4, -0.2) is 68.3 Å². The van der Waals surface area contributed by atoms with Crippen LogP contribution in [0.5, 0.6) is 0 Å². The van der Waals surface area contributed by atoms with E-state index in [4.69, 9.17) is 37.3 Å². The van der Waals surface area contributed by atoms with Crippen molar-refractivity contribution in [2.24, 2.45) is 0 Å². The van der Waals surface area contributed by atoms with Crippen LogP contribution in [0.4, 0.5) is 0 Å². The largest absolute Gasteiger partial charge is 0.460 e. The highest BCUT2D eigenvalue weighted by Crippen LogP contribution is 2.43. The van der Waals surface area contributed by atoms with Crippen molar-refractivity contribution in [2.75, 3.05) is 13.2 Å². The van der Waals surface area contributed by atoms with Crippen LogP contribution in [0.1, 0.15) is 60.8 Å². The lowest BCUT2D eigenvalue weighted by atomic mass is 10.0. The normalized spacial score (nSPS) is 33.8. The Morgan fingerprint density at radius 2 is 1.48 bits per heavy atom. The summed E-state index contributed by atoms with van der Waals surface area (Å²) in [5, 5.41) is 0. The van der Waals surface area contributed by atoms with Crippen LogP contribution in [0.15, 0.2) is 0 Å². The van der Waals surface area contributed by atoms with E-state index in [2.05, 4.69) is 0 Å². The minimum Gasteiger partial charge on any atom is -0.460 e.